The zero-order valence-electron chi connectivity index (χ0n) is 73.9. The SMILES string of the molecule is C.C.CC(C)(Cc1cccc(OCc2ccccc2)c1)C(=O)O.CC(C)(Cc1cccc(OCc2ccccc2)c1)C(=O)OCc1ccccc1.CC(Cc1cccc(OCc2ccccc2)c1)C(=O)OCc1ccccc1.Cc1cccc(CC(C)(C)C(=O)C[C@@H](CCN2CCOCC2)C(=O)N[C@@H](CCCCO)C(=O)CC2CCCC2)c1.S.S.[2H]CF.[Na+].[OH-]. The van der Waals surface area contributed by atoms with Crippen molar-refractivity contribution in [3.8, 4) is 17.2 Å². The van der Waals surface area contributed by atoms with E-state index in [1.807, 2.05) is 265 Å². The van der Waals surface area contributed by atoms with Crippen LogP contribution in [0.5, 0.6) is 17.2 Å². The molecule has 1 aliphatic carbocycles. The zero-order valence-corrected chi connectivity index (χ0v) is 76.9. The average molecular weight is 1750 g/mol. The molecule has 0 aromatic heterocycles. The first-order valence-corrected chi connectivity index (χ1v) is 41.4. The molecule has 124 heavy (non-hydrogen) atoms. The van der Waals surface area contributed by atoms with Crippen molar-refractivity contribution in [1.29, 1.82) is 0 Å². The summed E-state index contributed by atoms with van der Waals surface area (Å²) in [7, 11) is -1.00. The van der Waals surface area contributed by atoms with Gasteiger partial charge in [-0.25, -0.2) is 0 Å². The second-order valence-corrected chi connectivity index (χ2v) is 32.7. The molecule has 3 atom stereocenters. The number of hydrogen-bond donors (Lipinski definition) is 3. The molecule has 9 aromatic carbocycles. The third-order valence-corrected chi connectivity index (χ3v) is 21.0. The molecule has 2 fully saturated rings. The predicted octanol–water partition coefficient (Wildman–Crippen LogP) is 18.3. The van der Waals surface area contributed by atoms with Crippen molar-refractivity contribution in [3.05, 3.63) is 304 Å². The number of carboxylic acid groups (broad SMARTS) is 1. The summed E-state index contributed by atoms with van der Waals surface area (Å²) in [5, 5.41) is 21.6. The fourth-order valence-corrected chi connectivity index (χ4v) is 14.0. The molecule has 0 spiro atoms. The summed E-state index contributed by atoms with van der Waals surface area (Å²) < 4.78 is 49.5. The van der Waals surface area contributed by atoms with E-state index in [1.54, 1.807) is 13.8 Å². The Hall–Kier alpha value is -8.93. The van der Waals surface area contributed by atoms with Gasteiger partial charge < -0.3 is 49.4 Å². The van der Waals surface area contributed by atoms with Crippen LogP contribution in [0.15, 0.2) is 249 Å². The Labute approximate surface area is 776 Å². The number of ketones is 2. The van der Waals surface area contributed by atoms with E-state index in [0.29, 0.717) is 110 Å². The Bertz CT molecular complexity index is 4470. The number of amides is 1. The number of unbranched alkanes of at least 4 members (excludes halogenated alkanes) is 1. The molecule has 0 bridgehead atoms. The molecule has 1 saturated heterocycles. The normalized spacial score (nSPS) is 13.0. The molecule has 1 unspecified atom stereocenters. The summed E-state index contributed by atoms with van der Waals surface area (Å²) in [4.78, 5) is 79.1. The van der Waals surface area contributed by atoms with Crippen LogP contribution in [0.25, 0.3) is 0 Å². The van der Waals surface area contributed by atoms with Gasteiger partial charge in [0.2, 0.25) is 5.91 Å². The smallest absolute Gasteiger partial charge is 0.870 e. The van der Waals surface area contributed by atoms with Crippen LogP contribution >= 0.6 is 27.0 Å². The van der Waals surface area contributed by atoms with Gasteiger partial charge in [-0.2, -0.15) is 27.0 Å². The molecule has 1 aliphatic heterocycles. The van der Waals surface area contributed by atoms with Gasteiger partial charge in [-0.05, 0) is 185 Å². The molecule has 11 rings (SSSR count). The monoisotopic (exact) mass is 1750 g/mol. The fourth-order valence-electron chi connectivity index (χ4n) is 14.0. The number of nitrogens with zero attached hydrogens (tertiary/aromatic N) is 1. The molecule has 670 valence electrons. The van der Waals surface area contributed by atoms with Gasteiger partial charge in [0, 0.05) is 43.9 Å². The van der Waals surface area contributed by atoms with Gasteiger partial charge >= 0.3 is 47.5 Å². The summed E-state index contributed by atoms with van der Waals surface area (Å²) in [5.41, 5.74) is 8.69. The van der Waals surface area contributed by atoms with Gasteiger partial charge in [0.25, 0.3) is 0 Å². The van der Waals surface area contributed by atoms with Gasteiger partial charge in [0.1, 0.15) is 56.1 Å². The van der Waals surface area contributed by atoms with Crippen molar-refractivity contribution >= 4 is 62.4 Å². The number of alkyl halides is 1. The number of aliphatic hydroxyl groups excluding tert-OH is 1. The third-order valence-electron chi connectivity index (χ3n) is 21.0. The molecule has 9 aromatic rings. The van der Waals surface area contributed by atoms with Gasteiger partial charge in [-0.3, -0.25) is 38.1 Å². The van der Waals surface area contributed by atoms with E-state index < -0.39 is 41.3 Å². The third kappa shape index (κ3) is 42.8. The summed E-state index contributed by atoms with van der Waals surface area (Å²) >= 11 is 0. The quantitative estimate of drug-likeness (QED) is 0.0184. The minimum Gasteiger partial charge on any atom is -0.870 e. The molecule has 1 heterocycles. The van der Waals surface area contributed by atoms with Crippen LogP contribution < -0.4 is 49.1 Å². The number of nitrogens with one attached hydrogen (secondary N) is 1. The maximum Gasteiger partial charge on any atom is 1.00 e. The predicted molar refractivity (Wildman–Crippen MR) is 501 cm³/mol. The molecule has 1 saturated carbocycles. The molecule has 1 amide bonds. The number of halogens is 1. The number of carbonyl (C=O) groups is 6. The maximum absolute atomic E-state index is 13.8. The van der Waals surface area contributed by atoms with Crippen LogP contribution in [0.2, 0.25) is 0 Å². The number of aliphatic hydroxyl groups is 1. The maximum atomic E-state index is 13.8. The van der Waals surface area contributed by atoms with Crippen molar-refractivity contribution in [2.45, 2.75) is 199 Å². The van der Waals surface area contributed by atoms with Crippen molar-refractivity contribution in [3.63, 3.8) is 0 Å². The number of esters is 2. The summed E-state index contributed by atoms with van der Waals surface area (Å²) in [5.74, 6) is 0.868. The first kappa shape index (κ1) is 111. The zero-order chi connectivity index (χ0) is 85.7. The van der Waals surface area contributed by atoms with E-state index >= 15 is 0 Å². The van der Waals surface area contributed by atoms with E-state index in [4.69, 9.17) is 29.8 Å². The standard InChI is InChI=1S/C33H52N2O5.C25H26O3.C24H24O3.C18H20O3.CH3F.2CH4.Na.H2O.2H2S/c1-25-9-8-12-27(21-25)24-33(2,3)31(38)23-28(14-15-35-16-19-40-20-17-35)32(39)34-29(13-6-7-18-36)30(37)22-26-10-4-5-11-26;1-25(2,24(26)28-19-21-12-7-4-8-13-21)17-22-14-9-15-23(16-22)27-18-20-10-5-3-6-11-20;1-19(24(25)27-18-21-11-6-3-7-12-21)15-22-13-8-14-23(16-22)26-17-20-9-4-2-5-10-20;1-18(2,17(19)20)12-15-9-6-10-16(11-15)21-13-14-7-4-3-5-8-14;1-2;;;;;;/h8-9,12,21,26,28-29,36H,4-7,10-11,13-20,22-24H2,1-3H3,(H,34,39);3-16H,17-19H2,1-2H3;2-14,16,19H,15,17-18H2,1H3;3-11H,12-13H2,1-2H3,(H,19,20);1H3;2*1H4;;3*1H2/q;;;;;;;+1;;;/p-1/t28-,29+;;;;;;;;;;/m1........../s1/i;;;;1D;;;;;;. The number of carboxylic acids is 1. The van der Waals surface area contributed by atoms with Crippen LogP contribution in [-0.4, -0.2) is 109 Å². The number of carbonyl (C=O) groups excluding carboxylic acids is 5. The molecular weight excluding hydrogens is 1610 g/mol. The van der Waals surface area contributed by atoms with Crippen molar-refractivity contribution in [1.82, 2.24) is 10.2 Å². The number of hydrogen-bond acceptors (Lipinski definition) is 15. The van der Waals surface area contributed by atoms with Crippen LogP contribution in [0.1, 0.15) is 185 Å². The second kappa shape index (κ2) is 61.4. The second-order valence-electron chi connectivity index (χ2n) is 32.7. The van der Waals surface area contributed by atoms with Gasteiger partial charge in [0.15, 0.2) is 5.78 Å². The van der Waals surface area contributed by atoms with Crippen molar-refractivity contribution in [2.75, 3.05) is 46.6 Å². The Kier molecular flexibility index (Phi) is 55.1. The first-order valence-electron chi connectivity index (χ1n) is 42.1. The van der Waals surface area contributed by atoms with Gasteiger partial charge in [-0.15, -0.1) is 0 Å². The van der Waals surface area contributed by atoms with Crippen LogP contribution in [-0.2, 0) is 102 Å². The molecule has 2 aliphatic rings. The number of ether oxygens (including phenoxy) is 6. The van der Waals surface area contributed by atoms with Crippen LogP contribution in [0, 0.1) is 40.9 Å². The number of Topliss-reactive ketones (excluding diaryl/α,β-unsaturated/α-hetero) is 2. The molecule has 4 N–H and O–H groups in total. The number of aliphatic carboxylic acids is 1. The summed E-state index contributed by atoms with van der Waals surface area (Å²) in [6.45, 7) is 21.1. The molecule has 0 radical (unpaired) electrons. The van der Waals surface area contributed by atoms with E-state index in [9.17, 15) is 43.4 Å². The van der Waals surface area contributed by atoms with Gasteiger partial charge in [0.05, 0.1) is 44.5 Å². The minimum atomic E-state index is -1.00. The number of benzene rings is 9. The fraction of sp³-hybridized carbons (Fsp3) is 0.417. The minimum absolute atomic E-state index is 0. The van der Waals surface area contributed by atoms with Crippen molar-refractivity contribution in [2.24, 2.45) is 34.0 Å². The Morgan fingerprint density at radius 3 is 1.35 bits per heavy atom. The number of rotatable bonds is 39. The summed E-state index contributed by atoms with van der Waals surface area (Å²) in [6.07, 6.45) is 9.85. The number of morpholine rings is 1. The van der Waals surface area contributed by atoms with E-state index in [-0.39, 0.29) is 125 Å². The van der Waals surface area contributed by atoms with E-state index in [0.717, 1.165) is 105 Å². The Balaban J connectivity index is 0.000000830. The van der Waals surface area contributed by atoms with Crippen molar-refractivity contribution < 1.29 is 108 Å². The Morgan fingerprint density at radius 1 is 0.524 bits per heavy atom. The first-order chi connectivity index (χ1) is 57.3. The number of aryl methyl sites for hydroxylation is 1. The van der Waals surface area contributed by atoms with E-state index in [2.05, 4.69) is 35.3 Å². The Morgan fingerprint density at radius 2 is 0.911 bits per heavy atom. The molecular formula is C103H138FN2NaO15S2. The largest absolute Gasteiger partial charge is 1.00 e. The van der Waals surface area contributed by atoms with Gasteiger partial charge in [-0.1, -0.05) is 279 Å². The van der Waals surface area contributed by atoms with Crippen LogP contribution in [0.4, 0.5) is 4.39 Å². The van der Waals surface area contributed by atoms with E-state index in [1.165, 1.54) is 12.8 Å². The molecule has 17 nitrogen and oxygen atoms in total. The molecule has 21 heteroatoms. The topological polar surface area (TPSA) is 244 Å². The average Bonchev–Trinajstić information content (AvgIpc) is 1.28. The van der Waals surface area contributed by atoms with Crippen LogP contribution in [0.3, 0.4) is 0 Å². The summed E-state index contributed by atoms with van der Waals surface area (Å²) in [6, 6.07) is 80.6.